The van der Waals surface area contributed by atoms with E-state index in [1.807, 2.05) is 6.07 Å². The van der Waals surface area contributed by atoms with Crippen molar-refractivity contribution in [3.63, 3.8) is 0 Å². The predicted octanol–water partition coefficient (Wildman–Crippen LogP) is 3.82. The first kappa shape index (κ1) is 16.9. The third kappa shape index (κ3) is 2.58. The summed E-state index contributed by atoms with van der Waals surface area (Å²) in [6, 6.07) is 15.0. The summed E-state index contributed by atoms with van der Waals surface area (Å²) in [6.45, 7) is 1.91. The van der Waals surface area contributed by atoms with Crippen molar-refractivity contribution in [3.05, 3.63) is 64.7 Å². The lowest BCUT2D eigenvalue weighted by atomic mass is 9.76. The largest absolute Gasteiger partial charge is 0.493 e. The minimum absolute atomic E-state index is 0. The predicted molar refractivity (Wildman–Crippen MR) is 99.5 cm³/mol. The van der Waals surface area contributed by atoms with Crippen LogP contribution in [0, 0.1) is 0 Å². The maximum absolute atomic E-state index is 5.70. The second-order valence-electron chi connectivity index (χ2n) is 6.10. The van der Waals surface area contributed by atoms with Gasteiger partial charge in [-0.25, -0.2) is 0 Å². The lowest BCUT2D eigenvalue weighted by molar-refractivity contribution is 0.351. The SMILES string of the molecule is COc1ccc2c(c1OC)CC(c1ccccc1)C1=C2CNC1.Cl. The number of fused-ring (bicyclic) bond motifs is 2. The molecule has 1 aliphatic heterocycles. The highest BCUT2D eigenvalue weighted by molar-refractivity contribution is 5.85. The van der Waals surface area contributed by atoms with Gasteiger partial charge >= 0.3 is 0 Å². The lowest BCUT2D eigenvalue weighted by Gasteiger charge is -2.29. The van der Waals surface area contributed by atoms with Gasteiger partial charge in [0, 0.05) is 24.6 Å². The molecule has 1 N–H and O–H groups in total. The number of methoxy groups -OCH3 is 2. The van der Waals surface area contributed by atoms with E-state index in [1.54, 1.807) is 14.2 Å². The first-order valence-corrected chi connectivity index (χ1v) is 8.05. The molecular formula is C20H22ClNO2. The van der Waals surface area contributed by atoms with Crippen LogP contribution in [0.1, 0.15) is 22.6 Å². The van der Waals surface area contributed by atoms with Gasteiger partial charge in [-0.2, -0.15) is 0 Å². The summed E-state index contributed by atoms with van der Waals surface area (Å²) in [4.78, 5) is 0. The van der Waals surface area contributed by atoms with Crippen LogP contribution in [0.25, 0.3) is 5.57 Å². The summed E-state index contributed by atoms with van der Waals surface area (Å²) in [5.41, 5.74) is 6.91. The number of ether oxygens (including phenoxy) is 2. The summed E-state index contributed by atoms with van der Waals surface area (Å²) in [6.07, 6.45) is 0.959. The van der Waals surface area contributed by atoms with Gasteiger partial charge in [0.2, 0.25) is 0 Å². The lowest BCUT2D eigenvalue weighted by Crippen LogP contribution is -2.16. The van der Waals surface area contributed by atoms with Crippen LogP contribution in [0.15, 0.2) is 48.0 Å². The van der Waals surface area contributed by atoms with E-state index in [0.717, 1.165) is 31.0 Å². The van der Waals surface area contributed by atoms with Crippen molar-refractivity contribution in [1.82, 2.24) is 5.32 Å². The Kier molecular flexibility index (Phi) is 4.83. The van der Waals surface area contributed by atoms with Crippen molar-refractivity contribution >= 4 is 18.0 Å². The Hall–Kier alpha value is -1.97. The molecule has 1 heterocycles. The number of halogens is 1. The van der Waals surface area contributed by atoms with Crippen molar-refractivity contribution in [1.29, 1.82) is 0 Å². The highest BCUT2D eigenvalue weighted by atomic mass is 35.5. The fourth-order valence-electron chi connectivity index (χ4n) is 3.95. The molecular weight excluding hydrogens is 322 g/mol. The van der Waals surface area contributed by atoms with E-state index in [-0.39, 0.29) is 12.4 Å². The molecule has 0 saturated heterocycles. The molecule has 0 bridgehead atoms. The fraction of sp³-hybridized carbons (Fsp3) is 0.300. The Bertz CT molecular complexity index is 771. The number of hydrogen-bond donors (Lipinski definition) is 1. The summed E-state index contributed by atoms with van der Waals surface area (Å²) >= 11 is 0. The van der Waals surface area contributed by atoms with E-state index < -0.39 is 0 Å². The van der Waals surface area contributed by atoms with Gasteiger partial charge in [0.25, 0.3) is 0 Å². The van der Waals surface area contributed by atoms with Gasteiger partial charge < -0.3 is 14.8 Å². The summed E-state index contributed by atoms with van der Waals surface area (Å²) in [5.74, 6) is 2.10. The molecule has 24 heavy (non-hydrogen) atoms. The Balaban J connectivity index is 0.00000169. The molecule has 1 unspecified atom stereocenters. The van der Waals surface area contributed by atoms with Crippen molar-refractivity contribution in [2.45, 2.75) is 12.3 Å². The van der Waals surface area contributed by atoms with Crippen LogP contribution in [-0.2, 0) is 6.42 Å². The fourth-order valence-corrected chi connectivity index (χ4v) is 3.95. The Labute approximate surface area is 149 Å². The normalized spacial score (nSPS) is 18.5. The van der Waals surface area contributed by atoms with E-state index in [0.29, 0.717) is 5.92 Å². The second kappa shape index (κ2) is 6.88. The van der Waals surface area contributed by atoms with Gasteiger partial charge in [-0.15, -0.1) is 12.4 Å². The van der Waals surface area contributed by atoms with E-state index in [1.165, 1.54) is 27.8 Å². The van der Waals surface area contributed by atoms with Gasteiger partial charge in [-0.05, 0) is 34.8 Å². The van der Waals surface area contributed by atoms with Crippen LogP contribution < -0.4 is 14.8 Å². The van der Waals surface area contributed by atoms with Crippen LogP contribution in [0.2, 0.25) is 0 Å². The highest BCUT2D eigenvalue weighted by Crippen LogP contribution is 2.47. The number of nitrogens with one attached hydrogen (secondary N) is 1. The molecule has 2 aromatic rings. The second-order valence-corrected chi connectivity index (χ2v) is 6.10. The van der Waals surface area contributed by atoms with Crippen molar-refractivity contribution in [3.8, 4) is 11.5 Å². The van der Waals surface area contributed by atoms with Gasteiger partial charge in [0.1, 0.15) is 0 Å². The molecule has 0 fully saturated rings. The molecule has 0 amide bonds. The number of benzene rings is 2. The third-order valence-corrected chi connectivity index (χ3v) is 5.01. The van der Waals surface area contributed by atoms with E-state index in [9.17, 15) is 0 Å². The van der Waals surface area contributed by atoms with Gasteiger partial charge in [-0.1, -0.05) is 36.4 Å². The van der Waals surface area contributed by atoms with Crippen LogP contribution >= 0.6 is 12.4 Å². The summed E-state index contributed by atoms with van der Waals surface area (Å²) in [5, 5.41) is 3.52. The van der Waals surface area contributed by atoms with Crippen molar-refractivity contribution in [2.24, 2.45) is 0 Å². The smallest absolute Gasteiger partial charge is 0.164 e. The van der Waals surface area contributed by atoms with Crippen LogP contribution in [0.3, 0.4) is 0 Å². The molecule has 4 heteroatoms. The maximum Gasteiger partial charge on any atom is 0.164 e. The molecule has 0 aromatic heterocycles. The quantitative estimate of drug-likeness (QED) is 0.919. The molecule has 1 aliphatic carbocycles. The third-order valence-electron chi connectivity index (χ3n) is 5.01. The van der Waals surface area contributed by atoms with Crippen LogP contribution in [0.4, 0.5) is 0 Å². The minimum Gasteiger partial charge on any atom is -0.493 e. The molecule has 4 rings (SSSR count). The first-order chi connectivity index (χ1) is 11.3. The Morgan fingerprint density at radius 1 is 0.958 bits per heavy atom. The molecule has 1 atom stereocenters. The topological polar surface area (TPSA) is 30.5 Å². The van der Waals surface area contributed by atoms with Crippen molar-refractivity contribution in [2.75, 3.05) is 27.3 Å². The number of rotatable bonds is 3. The maximum atomic E-state index is 5.70. The summed E-state index contributed by atoms with van der Waals surface area (Å²) < 4.78 is 11.2. The van der Waals surface area contributed by atoms with E-state index in [4.69, 9.17) is 9.47 Å². The van der Waals surface area contributed by atoms with Crippen molar-refractivity contribution < 1.29 is 9.47 Å². The molecule has 3 nitrogen and oxygen atoms in total. The number of hydrogen-bond acceptors (Lipinski definition) is 3. The monoisotopic (exact) mass is 343 g/mol. The Morgan fingerprint density at radius 3 is 2.46 bits per heavy atom. The van der Waals surface area contributed by atoms with Gasteiger partial charge in [0.15, 0.2) is 11.5 Å². The van der Waals surface area contributed by atoms with Gasteiger partial charge in [0.05, 0.1) is 14.2 Å². The Morgan fingerprint density at radius 2 is 1.75 bits per heavy atom. The first-order valence-electron chi connectivity index (χ1n) is 8.05. The van der Waals surface area contributed by atoms with Crippen LogP contribution in [0.5, 0.6) is 11.5 Å². The molecule has 0 spiro atoms. The average Bonchev–Trinajstić information content (AvgIpc) is 3.10. The molecule has 126 valence electrons. The molecule has 2 aliphatic rings. The average molecular weight is 344 g/mol. The summed E-state index contributed by atoms with van der Waals surface area (Å²) in [7, 11) is 3.43. The van der Waals surface area contributed by atoms with Gasteiger partial charge in [-0.3, -0.25) is 0 Å². The standard InChI is InChI=1S/C20H21NO2.ClH/c1-22-19-9-8-14-16(20(19)23-2)10-15(13-6-4-3-5-7-13)18-12-21-11-17(14)18;/h3-9,15,21H,10-12H2,1-2H3;1H. The zero-order valence-electron chi connectivity index (χ0n) is 14.0. The zero-order valence-corrected chi connectivity index (χ0v) is 14.8. The van der Waals surface area contributed by atoms with E-state index >= 15 is 0 Å². The van der Waals surface area contributed by atoms with Crippen LogP contribution in [-0.4, -0.2) is 27.3 Å². The molecule has 0 saturated carbocycles. The highest BCUT2D eigenvalue weighted by Gasteiger charge is 2.33. The zero-order chi connectivity index (χ0) is 15.8. The molecule has 0 radical (unpaired) electrons. The molecule has 2 aromatic carbocycles. The van der Waals surface area contributed by atoms with E-state index in [2.05, 4.69) is 41.7 Å². The minimum atomic E-state index is 0.